The fraction of sp³-hybridized carbons (Fsp3) is 0.143. The summed E-state index contributed by atoms with van der Waals surface area (Å²) in [5.74, 6) is -0.468. The molecular weight excluding hydrogens is 343 g/mol. The Labute approximate surface area is 145 Å². The molecule has 0 spiro atoms. The Kier molecular flexibility index (Phi) is 9.48. The number of nitrogens with zero attached hydrogens (tertiary/aromatic N) is 3. The lowest BCUT2D eigenvalue weighted by Crippen LogP contribution is -3.00. The van der Waals surface area contributed by atoms with E-state index in [1.807, 2.05) is 12.2 Å². The first-order valence-electron chi connectivity index (χ1n) is 6.21. The van der Waals surface area contributed by atoms with Crippen LogP contribution >= 0.6 is 12.4 Å². The lowest BCUT2D eigenvalue weighted by molar-refractivity contribution is -0.733. The van der Waals surface area contributed by atoms with Gasteiger partial charge in [-0.2, -0.15) is 4.57 Å². The maximum Gasteiger partial charge on any atom is 0.254 e. The summed E-state index contributed by atoms with van der Waals surface area (Å²) in [4.78, 5) is 23.0. The number of amides is 1. The van der Waals surface area contributed by atoms with Crippen LogP contribution < -0.4 is 22.7 Å². The third kappa shape index (κ3) is 6.19. The van der Waals surface area contributed by atoms with E-state index in [0.717, 1.165) is 0 Å². The summed E-state index contributed by atoms with van der Waals surface area (Å²) in [7, 11) is 0. The van der Waals surface area contributed by atoms with Gasteiger partial charge >= 0.3 is 0 Å². The van der Waals surface area contributed by atoms with Crippen molar-refractivity contribution in [2.75, 3.05) is 6.73 Å². The maximum atomic E-state index is 11.0. The van der Waals surface area contributed by atoms with Gasteiger partial charge in [-0.3, -0.25) is 4.79 Å². The molecule has 1 aliphatic heterocycles. The van der Waals surface area contributed by atoms with Gasteiger partial charge < -0.3 is 27.8 Å². The van der Waals surface area contributed by atoms with E-state index in [-0.39, 0.29) is 31.5 Å². The van der Waals surface area contributed by atoms with Crippen molar-refractivity contribution in [3.8, 4) is 0 Å². The van der Waals surface area contributed by atoms with Crippen LogP contribution in [0.4, 0.5) is 0 Å². The van der Waals surface area contributed by atoms with Crippen molar-refractivity contribution < 1.29 is 26.5 Å². The Morgan fingerprint density at radius 2 is 2.04 bits per heavy atom. The molecule has 0 atom stereocenters. The van der Waals surface area contributed by atoms with Gasteiger partial charge in [0.15, 0.2) is 12.4 Å². The standard InChI is InChI=1S/C14H14N4O3.2ClH/c15-14(19)12-4-7-17(8-5-12)10-21-11-18-6-2-1-3-13(18)9-16-20;;/h1-9H,10-11H2,(H-,15,19);2*1H. The summed E-state index contributed by atoms with van der Waals surface area (Å²) in [6.07, 6.45) is 11.8. The number of hydrogen-bond donors (Lipinski definition) is 1. The zero-order valence-corrected chi connectivity index (χ0v) is 13.6. The highest BCUT2D eigenvalue weighted by molar-refractivity contribution is 5.92. The molecule has 23 heavy (non-hydrogen) atoms. The molecule has 1 aliphatic rings. The molecule has 0 saturated heterocycles. The Morgan fingerprint density at radius 3 is 2.65 bits per heavy atom. The zero-order chi connectivity index (χ0) is 15.1. The summed E-state index contributed by atoms with van der Waals surface area (Å²) < 4.78 is 7.30. The number of ether oxygens (including phenoxy) is 1. The molecule has 0 aliphatic carbocycles. The normalized spacial score (nSPS) is 14.1. The molecule has 9 heteroatoms. The van der Waals surface area contributed by atoms with Crippen molar-refractivity contribution in [2.45, 2.75) is 6.73 Å². The molecule has 0 fully saturated rings. The predicted octanol–water partition coefficient (Wildman–Crippen LogP) is -1.58. The fourth-order valence-electron chi connectivity index (χ4n) is 1.73. The highest BCUT2D eigenvalue weighted by Gasteiger charge is 2.09. The van der Waals surface area contributed by atoms with Crippen molar-refractivity contribution in [2.24, 2.45) is 10.9 Å². The highest BCUT2D eigenvalue weighted by Crippen LogP contribution is 2.12. The topological polar surface area (TPSA) is 88.9 Å². The molecule has 0 aromatic carbocycles. The summed E-state index contributed by atoms with van der Waals surface area (Å²) >= 11 is 0. The lowest BCUT2D eigenvalue weighted by Gasteiger charge is -2.21. The molecule has 0 unspecified atom stereocenters. The number of carbonyl (C=O) groups excluding carboxylic acids is 1. The van der Waals surface area contributed by atoms with Crippen molar-refractivity contribution in [3.05, 3.63) is 71.3 Å². The van der Waals surface area contributed by atoms with E-state index >= 15 is 0 Å². The minimum Gasteiger partial charge on any atom is -1.00 e. The molecule has 1 amide bonds. The quantitative estimate of drug-likeness (QED) is 0.491. The van der Waals surface area contributed by atoms with Gasteiger partial charge in [0, 0.05) is 18.3 Å². The molecule has 0 radical (unpaired) electrons. The lowest BCUT2D eigenvalue weighted by atomic mass is 10.2. The second-order valence-electron chi connectivity index (χ2n) is 4.26. The van der Waals surface area contributed by atoms with E-state index in [0.29, 0.717) is 18.0 Å². The minimum atomic E-state index is -0.468. The Hall–Kier alpha value is -2.22. The van der Waals surface area contributed by atoms with Crippen molar-refractivity contribution in [1.82, 2.24) is 4.90 Å². The first kappa shape index (κ1) is 20.8. The predicted molar refractivity (Wildman–Crippen MR) is 82.4 cm³/mol. The molecule has 7 nitrogen and oxygen atoms in total. The number of hydrogen-bond acceptors (Lipinski definition) is 5. The van der Waals surface area contributed by atoms with E-state index in [9.17, 15) is 9.70 Å². The SMILES string of the molecule is Cl.NC(=O)c1cc[n+](COCN2C=CC=CC2=CN=O)cc1.[Cl-]. The van der Waals surface area contributed by atoms with Crippen LogP contribution in [0, 0.1) is 4.91 Å². The van der Waals surface area contributed by atoms with Gasteiger partial charge in [-0.05, 0) is 17.3 Å². The van der Waals surface area contributed by atoms with Crippen LogP contribution in [-0.2, 0) is 11.5 Å². The van der Waals surface area contributed by atoms with E-state index in [1.165, 1.54) is 6.20 Å². The molecule has 1 aromatic heterocycles. The number of primary amides is 1. The van der Waals surface area contributed by atoms with Gasteiger partial charge in [0.25, 0.3) is 6.73 Å². The number of carbonyl (C=O) groups is 1. The number of rotatable bonds is 6. The van der Waals surface area contributed by atoms with Crippen LogP contribution in [0.1, 0.15) is 10.4 Å². The van der Waals surface area contributed by atoms with Gasteiger partial charge in [0.05, 0.1) is 17.5 Å². The molecule has 0 saturated carbocycles. The summed E-state index contributed by atoms with van der Waals surface area (Å²) in [5.41, 5.74) is 6.26. The van der Waals surface area contributed by atoms with E-state index in [1.54, 1.807) is 46.3 Å². The van der Waals surface area contributed by atoms with Crippen LogP contribution in [0.3, 0.4) is 0 Å². The second-order valence-corrected chi connectivity index (χ2v) is 4.26. The summed E-state index contributed by atoms with van der Waals surface area (Å²) in [6.45, 7) is 0.571. The van der Waals surface area contributed by atoms with Crippen molar-refractivity contribution in [3.63, 3.8) is 0 Å². The van der Waals surface area contributed by atoms with E-state index < -0.39 is 5.91 Å². The first-order valence-corrected chi connectivity index (χ1v) is 6.21. The number of aromatic nitrogens is 1. The Balaban J connectivity index is 0.00000242. The van der Waals surface area contributed by atoms with E-state index in [2.05, 4.69) is 5.18 Å². The smallest absolute Gasteiger partial charge is 0.254 e. The number of pyridine rings is 1. The van der Waals surface area contributed by atoms with Crippen LogP contribution in [0.5, 0.6) is 0 Å². The van der Waals surface area contributed by atoms with Gasteiger partial charge in [0.1, 0.15) is 6.73 Å². The van der Waals surface area contributed by atoms with Gasteiger partial charge in [0.2, 0.25) is 5.91 Å². The minimum absolute atomic E-state index is 0. The Morgan fingerprint density at radius 1 is 1.35 bits per heavy atom. The van der Waals surface area contributed by atoms with Crippen LogP contribution in [0.15, 0.2) is 66.0 Å². The maximum absolute atomic E-state index is 11.0. The highest BCUT2D eigenvalue weighted by atomic mass is 35.5. The molecule has 2 heterocycles. The third-order valence-corrected chi connectivity index (χ3v) is 2.81. The average Bonchev–Trinajstić information content (AvgIpc) is 2.50. The van der Waals surface area contributed by atoms with Gasteiger partial charge in [-0.15, -0.1) is 17.3 Å². The fourth-order valence-corrected chi connectivity index (χ4v) is 1.73. The second kappa shape index (κ2) is 10.5. The number of halogens is 2. The summed E-state index contributed by atoms with van der Waals surface area (Å²) in [5, 5.41) is 2.76. The number of nitroso groups, excluding NO2 is 1. The largest absolute Gasteiger partial charge is 1.00 e. The molecular formula is C14H16Cl2N4O3. The van der Waals surface area contributed by atoms with Gasteiger partial charge in [-0.1, -0.05) is 6.08 Å². The van der Waals surface area contributed by atoms with Crippen LogP contribution in [0.25, 0.3) is 0 Å². The van der Waals surface area contributed by atoms with Crippen molar-refractivity contribution in [1.29, 1.82) is 0 Å². The van der Waals surface area contributed by atoms with E-state index in [4.69, 9.17) is 10.5 Å². The molecule has 0 bridgehead atoms. The molecule has 2 rings (SSSR count). The van der Waals surface area contributed by atoms with Crippen molar-refractivity contribution >= 4 is 18.3 Å². The molecule has 124 valence electrons. The van der Waals surface area contributed by atoms with Crippen LogP contribution in [0.2, 0.25) is 0 Å². The number of nitrogens with two attached hydrogens (primary N) is 1. The van der Waals surface area contributed by atoms with Gasteiger partial charge in [-0.25, -0.2) is 0 Å². The summed E-state index contributed by atoms with van der Waals surface area (Å²) in [6, 6.07) is 3.24. The zero-order valence-electron chi connectivity index (χ0n) is 12.0. The van der Waals surface area contributed by atoms with Crippen LogP contribution in [-0.4, -0.2) is 17.5 Å². The average molecular weight is 359 g/mol. The molecule has 1 aromatic rings. The third-order valence-electron chi connectivity index (χ3n) is 2.81. The monoisotopic (exact) mass is 358 g/mol. The number of allylic oxidation sites excluding steroid dienone is 3. The first-order chi connectivity index (χ1) is 10.2. The Bertz CT molecular complexity index is 615. The molecule has 2 N–H and O–H groups in total.